The van der Waals surface area contributed by atoms with Gasteiger partial charge in [-0.25, -0.2) is 4.98 Å². The van der Waals surface area contributed by atoms with Crippen LogP contribution in [0, 0.1) is 6.92 Å². The third-order valence-electron chi connectivity index (χ3n) is 5.52. The number of carbonyl (C=O) groups is 1. The highest BCUT2D eigenvalue weighted by Gasteiger charge is 2.26. The summed E-state index contributed by atoms with van der Waals surface area (Å²) in [5, 5.41) is 3.43. The van der Waals surface area contributed by atoms with Crippen LogP contribution in [-0.2, 0) is 0 Å². The first kappa shape index (κ1) is 20.6. The maximum Gasteiger partial charge on any atom is 0.258 e. The highest BCUT2D eigenvalue weighted by molar-refractivity contribution is 6.30. The Kier molecular flexibility index (Phi) is 6.57. The molecule has 1 N–H and O–H groups in total. The Hall–Kier alpha value is -2.11. The topological polar surface area (TPSA) is 48.5 Å². The Bertz CT molecular complexity index is 814. The van der Waals surface area contributed by atoms with E-state index in [0.29, 0.717) is 28.5 Å². The number of rotatable bonds is 5. The number of benzene rings is 1. The second-order valence-electron chi connectivity index (χ2n) is 7.81. The van der Waals surface area contributed by atoms with E-state index in [2.05, 4.69) is 47.1 Å². The van der Waals surface area contributed by atoms with Crippen molar-refractivity contribution in [3.8, 4) is 0 Å². The minimum absolute atomic E-state index is 0.153. The zero-order valence-electron chi connectivity index (χ0n) is 17.1. The van der Waals surface area contributed by atoms with Gasteiger partial charge < -0.3 is 15.1 Å². The fourth-order valence-electron chi connectivity index (χ4n) is 3.76. The molecular formula is C22H29ClN4O. The molecule has 1 aromatic heterocycles. The lowest BCUT2D eigenvalue weighted by Crippen LogP contribution is -2.46. The third-order valence-corrected chi connectivity index (χ3v) is 5.75. The van der Waals surface area contributed by atoms with Crippen molar-refractivity contribution < 1.29 is 4.79 Å². The summed E-state index contributed by atoms with van der Waals surface area (Å²) in [5.41, 5.74) is 2.69. The zero-order chi connectivity index (χ0) is 20.3. The number of likely N-dealkylation sites (tertiary alicyclic amines) is 1. The monoisotopic (exact) mass is 400 g/mol. The van der Waals surface area contributed by atoms with Crippen LogP contribution in [0.4, 0.5) is 11.5 Å². The highest BCUT2D eigenvalue weighted by atomic mass is 35.5. The van der Waals surface area contributed by atoms with Crippen molar-refractivity contribution in [2.45, 2.75) is 45.7 Å². The van der Waals surface area contributed by atoms with Gasteiger partial charge in [0.25, 0.3) is 5.91 Å². The number of nitrogens with zero attached hydrogens (tertiary/aromatic N) is 3. The van der Waals surface area contributed by atoms with Gasteiger partial charge in [-0.2, -0.15) is 0 Å². The van der Waals surface area contributed by atoms with Crippen molar-refractivity contribution in [2.75, 3.05) is 30.4 Å². The van der Waals surface area contributed by atoms with Crippen LogP contribution in [0.1, 0.15) is 42.6 Å². The average molecular weight is 401 g/mol. The van der Waals surface area contributed by atoms with Gasteiger partial charge in [-0.15, -0.1) is 0 Å². The van der Waals surface area contributed by atoms with Crippen molar-refractivity contribution in [2.24, 2.45) is 0 Å². The molecule has 2 heterocycles. The fourth-order valence-corrected chi connectivity index (χ4v) is 3.87. The molecule has 1 aromatic carbocycles. The molecular weight excluding hydrogens is 372 g/mol. The molecule has 0 bridgehead atoms. The van der Waals surface area contributed by atoms with E-state index in [1.165, 1.54) is 6.20 Å². The molecule has 1 aliphatic rings. The summed E-state index contributed by atoms with van der Waals surface area (Å²) in [5.74, 6) is 0.342. The summed E-state index contributed by atoms with van der Waals surface area (Å²) in [4.78, 5) is 21.9. The number of amides is 1. The van der Waals surface area contributed by atoms with Gasteiger partial charge in [0.15, 0.2) is 0 Å². The highest BCUT2D eigenvalue weighted by Crippen LogP contribution is 2.28. The Balaban J connectivity index is 1.78. The van der Waals surface area contributed by atoms with Crippen molar-refractivity contribution in [1.29, 1.82) is 0 Å². The second-order valence-corrected chi connectivity index (χ2v) is 8.24. The van der Waals surface area contributed by atoms with Gasteiger partial charge >= 0.3 is 0 Å². The smallest absolute Gasteiger partial charge is 0.258 e. The van der Waals surface area contributed by atoms with Crippen LogP contribution in [0.5, 0.6) is 0 Å². The lowest BCUT2D eigenvalue weighted by molar-refractivity contribution is 0.102. The molecule has 0 atom stereocenters. The minimum atomic E-state index is -0.153. The number of nitrogens with one attached hydrogen (secondary N) is 1. The lowest BCUT2D eigenvalue weighted by Gasteiger charge is -2.40. The first-order valence-electron chi connectivity index (χ1n) is 9.85. The van der Waals surface area contributed by atoms with Crippen LogP contribution in [0.25, 0.3) is 0 Å². The van der Waals surface area contributed by atoms with Gasteiger partial charge in [-0.1, -0.05) is 23.2 Å². The number of anilines is 2. The normalized spacial score (nSPS) is 15.6. The molecule has 1 fully saturated rings. The van der Waals surface area contributed by atoms with Crippen molar-refractivity contribution >= 4 is 29.0 Å². The summed E-state index contributed by atoms with van der Waals surface area (Å²) in [6.45, 7) is 8.68. The molecule has 0 saturated carbocycles. The maximum absolute atomic E-state index is 13.0. The predicted octanol–water partition coefficient (Wildman–Crippen LogP) is 4.60. The number of aromatic nitrogens is 1. The molecule has 1 saturated heterocycles. The average Bonchev–Trinajstić information content (AvgIpc) is 2.69. The largest absolute Gasteiger partial charge is 0.371 e. The molecule has 28 heavy (non-hydrogen) atoms. The van der Waals surface area contributed by atoms with E-state index >= 15 is 0 Å². The first-order chi connectivity index (χ1) is 13.3. The Morgan fingerprint density at radius 3 is 2.57 bits per heavy atom. The molecule has 6 heteroatoms. The molecule has 1 aliphatic heterocycles. The fraction of sp³-hybridized carbons (Fsp3) is 0.455. The zero-order valence-corrected chi connectivity index (χ0v) is 17.8. The van der Waals surface area contributed by atoms with Crippen LogP contribution < -0.4 is 10.2 Å². The van der Waals surface area contributed by atoms with E-state index in [9.17, 15) is 4.79 Å². The molecule has 150 valence electrons. The van der Waals surface area contributed by atoms with Crippen LogP contribution in [-0.4, -0.2) is 48.0 Å². The van der Waals surface area contributed by atoms with Crippen LogP contribution >= 0.6 is 11.6 Å². The van der Waals surface area contributed by atoms with Gasteiger partial charge in [0, 0.05) is 44.1 Å². The number of hydrogen-bond donors (Lipinski definition) is 1. The molecule has 2 aromatic rings. The summed E-state index contributed by atoms with van der Waals surface area (Å²) in [6, 6.07) is 10.5. The van der Waals surface area contributed by atoms with Crippen LogP contribution in [0.15, 0.2) is 36.5 Å². The SMILES string of the molecule is Cc1ccc(N(C)C2CCN(C(C)C)CC2)c(C(=O)Nc2ccc(Cl)cn2)c1. The van der Waals surface area contributed by atoms with E-state index in [4.69, 9.17) is 11.6 Å². The molecule has 0 unspecified atom stereocenters. The number of aryl methyl sites for hydroxylation is 1. The molecule has 1 amide bonds. The third kappa shape index (κ3) is 4.83. The van der Waals surface area contributed by atoms with Gasteiger partial charge in [-0.05, 0) is 57.9 Å². The van der Waals surface area contributed by atoms with E-state index in [0.717, 1.165) is 37.2 Å². The Labute approximate surface area is 172 Å². The molecule has 0 aliphatic carbocycles. The quantitative estimate of drug-likeness (QED) is 0.796. The summed E-state index contributed by atoms with van der Waals surface area (Å²) >= 11 is 5.88. The van der Waals surface area contributed by atoms with E-state index < -0.39 is 0 Å². The van der Waals surface area contributed by atoms with Crippen LogP contribution in [0.2, 0.25) is 5.02 Å². The summed E-state index contributed by atoms with van der Waals surface area (Å²) in [7, 11) is 2.09. The Morgan fingerprint density at radius 2 is 1.96 bits per heavy atom. The van der Waals surface area contributed by atoms with Crippen molar-refractivity contribution in [3.63, 3.8) is 0 Å². The number of pyridine rings is 1. The summed E-state index contributed by atoms with van der Waals surface area (Å²) in [6.07, 6.45) is 3.73. The van der Waals surface area contributed by atoms with E-state index in [-0.39, 0.29) is 5.91 Å². The number of halogens is 1. The molecule has 3 rings (SSSR count). The molecule has 5 nitrogen and oxygen atoms in total. The van der Waals surface area contributed by atoms with Gasteiger partial charge in [0.2, 0.25) is 0 Å². The molecule has 0 radical (unpaired) electrons. The van der Waals surface area contributed by atoms with Crippen LogP contribution in [0.3, 0.4) is 0 Å². The van der Waals surface area contributed by atoms with Crippen molar-refractivity contribution in [1.82, 2.24) is 9.88 Å². The van der Waals surface area contributed by atoms with Gasteiger partial charge in [0.05, 0.1) is 10.6 Å². The van der Waals surface area contributed by atoms with Gasteiger partial charge in [-0.3, -0.25) is 4.79 Å². The minimum Gasteiger partial charge on any atom is -0.371 e. The number of carbonyl (C=O) groups excluding carboxylic acids is 1. The van der Waals surface area contributed by atoms with E-state index in [1.807, 2.05) is 19.1 Å². The number of piperidine rings is 1. The Morgan fingerprint density at radius 1 is 1.25 bits per heavy atom. The molecule has 0 spiro atoms. The lowest BCUT2D eigenvalue weighted by atomic mass is 10.00. The standard InChI is InChI=1S/C22H29ClN4O/c1-15(2)27-11-9-18(10-12-27)26(4)20-7-5-16(3)13-19(20)22(28)25-21-8-6-17(23)14-24-21/h5-8,13-15,18H,9-12H2,1-4H3,(H,24,25,28). The summed E-state index contributed by atoms with van der Waals surface area (Å²) < 4.78 is 0. The predicted molar refractivity (Wildman–Crippen MR) is 117 cm³/mol. The number of hydrogen-bond acceptors (Lipinski definition) is 4. The first-order valence-corrected chi connectivity index (χ1v) is 10.2. The van der Waals surface area contributed by atoms with E-state index in [1.54, 1.807) is 12.1 Å². The van der Waals surface area contributed by atoms with Crippen molar-refractivity contribution in [3.05, 3.63) is 52.7 Å². The second kappa shape index (κ2) is 8.93. The maximum atomic E-state index is 13.0. The van der Waals surface area contributed by atoms with Gasteiger partial charge in [0.1, 0.15) is 5.82 Å².